The summed E-state index contributed by atoms with van der Waals surface area (Å²) in [6, 6.07) is 0. The maximum atomic E-state index is 11.2. The minimum atomic E-state index is -0.0700. The Labute approximate surface area is 141 Å². The van der Waals surface area contributed by atoms with Crippen molar-refractivity contribution in [1.82, 2.24) is 10.2 Å². The van der Waals surface area contributed by atoms with Crippen LogP contribution in [0.4, 0.5) is 0 Å². The first-order valence-corrected chi connectivity index (χ1v) is 9.18. The molecule has 1 N–H and O–H groups in total. The molecule has 0 aromatic heterocycles. The Hall–Kier alpha value is -1.26. The quantitative estimate of drug-likeness (QED) is 0.322. The average molecular weight is 325 g/mol. The van der Waals surface area contributed by atoms with Gasteiger partial charge in [0, 0.05) is 33.1 Å². The monoisotopic (exact) mass is 325 g/mol. The number of rotatable bonds is 8. The maximum Gasteiger partial charge on any atom is 0.305 e. The average Bonchev–Trinajstić information content (AvgIpc) is 2.49. The van der Waals surface area contributed by atoms with Crippen LogP contribution in [0.3, 0.4) is 0 Å². The molecule has 0 amide bonds. The predicted molar refractivity (Wildman–Crippen MR) is 95.6 cm³/mol. The number of likely N-dealkylation sites (tertiary alicyclic amines) is 1. The van der Waals surface area contributed by atoms with E-state index in [-0.39, 0.29) is 5.97 Å². The van der Waals surface area contributed by atoms with Gasteiger partial charge in [-0.1, -0.05) is 26.7 Å². The lowest BCUT2D eigenvalue weighted by Gasteiger charge is -2.37. The van der Waals surface area contributed by atoms with E-state index in [0.717, 1.165) is 63.1 Å². The van der Waals surface area contributed by atoms with E-state index >= 15 is 0 Å². The number of guanidine groups is 1. The summed E-state index contributed by atoms with van der Waals surface area (Å²) in [5, 5.41) is 3.48. The van der Waals surface area contributed by atoms with E-state index < -0.39 is 0 Å². The van der Waals surface area contributed by atoms with Crippen LogP contribution in [-0.4, -0.2) is 50.1 Å². The zero-order chi connectivity index (χ0) is 17.1. The Morgan fingerprint density at radius 2 is 1.83 bits per heavy atom. The molecule has 0 bridgehead atoms. The number of hydrogen-bond donors (Lipinski definition) is 1. The Morgan fingerprint density at radius 1 is 1.17 bits per heavy atom. The van der Waals surface area contributed by atoms with Gasteiger partial charge in [-0.2, -0.15) is 0 Å². The summed E-state index contributed by atoms with van der Waals surface area (Å²) in [4.78, 5) is 18.0. The van der Waals surface area contributed by atoms with E-state index in [4.69, 9.17) is 4.74 Å². The number of piperidine rings is 1. The van der Waals surface area contributed by atoms with Crippen molar-refractivity contribution < 1.29 is 9.53 Å². The number of unbranched alkanes of at least 4 members (excludes halogenated alkanes) is 3. The maximum absolute atomic E-state index is 11.2. The summed E-state index contributed by atoms with van der Waals surface area (Å²) in [6.07, 6.45) is 6.11. The molecule has 2 unspecified atom stereocenters. The molecule has 2 atom stereocenters. The van der Waals surface area contributed by atoms with E-state index in [9.17, 15) is 4.79 Å². The van der Waals surface area contributed by atoms with Crippen LogP contribution in [0.25, 0.3) is 0 Å². The molecule has 0 aromatic rings. The zero-order valence-electron chi connectivity index (χ0n) is 15.4. The minimum Gasteiger partial charge on any atom is -0.466 e. The summed E-state index contributed by atoms with van der Waals surface area (Å²) >= 11 is 0. The third-order valence-electron chi connectivity index (χ3n) is 4.28. The fraction of sp³-hybridized carbons (Fsp3) is 0.889. The number of carbonyl (C=O) groups excluding carboxylic acids is 1. The number of aliphatic imine (C=N–C) groups is 1. The van der Waals surface area contributed by atoms with Gasteiger partial charge in [0.25, 0.3) is 0 Å². The highest BCUT2D eigenvalue weighted by atomic mass is 16.5. The van der Waals surface area contributed by atoms with E-state index in [1.54, 1.807) is 0 Å². The molecular weight excluding hydrogens is 290 g/mol. The van der Waals surface area contributed by atoms with Crippen LogP contribution in [0.15, 0.2) is 4.99 Å². The van der Waals surface area contributed by atoms with Gasteiger partial charge in [-0.3, -0.25) is 9.79 Å². The van der Waals surface area contributed by atoms with Crippen molar-refractivity contribution in [3.05, 3.63) is 0 Å². The van der Waals surface area contributed by atoms with Crippen molar-refractivity contribution >= 4 is 11.9 Å². The highest BCUT2D eigenvalue weighted by molar-refractivity contribution is 5.80. The number of nitrogens with zero attached hydrogens (tertiary/aromatic N) is 2. The van der Waals surface area contributed by atoms with Crippen LogP contribution >= 0.6 is 0 Å². The molecule has 0 saturated carbocycles. The van der Waals surface area contributed by atoms with Crippen molar-refractivity contribution in [2.45, 2.75) is 59.3 Å². The third kappa shape index (κ3) is 8.24. The molecule has 1 rings (SSSR count). The highest BCUT2D eigenvalue weighted by Crippen LogP contribution is 2.20. The first-order valence-electron chi connectivity index (χ1n) is 9.18. The molecule has 134 valence electrons. The summed E-state index contributed by atoms with van der Waals surface area (Å²) in [5.74, 6) is 2.44. The molecule has 1 heterocycles. The van der Waals surface area contributed by atoms with E-state index in [1.165, 1.54) is 6.42 Å². The second kappa shape index (κ2) is 11.3. The molecular formula is C18H35N3O2. The molecule has 0 spiro atoms. The number of nitrogens with one attached hydrogen (secondary N) is 1. The van der Waals surface area contributed by atoms with Gasteiger partial charge in [0.2, 0.25) is 0 Å². The molecule has 1 fully saturated rings. The van der Waals surface area contributed by atoms with Crippen LogP contribution in [0.2, 0.25) is 0 Å². The van der Waals surface area contributed by atoms with Gasteiger partial charge in [0.15, 0.2) is 5.96 Å². The van der Waals surface area contributed by atoms with E-state index in [0.29, 0.717) is 13.0 Å². The van der Waals surface area contributed by atoms with E-state index in [2.05, 4.69) is 29.1 Å². The fourth-order valence-electron chi connectivity index (χ4n) is 3.35. The van der Waals surface area contributed by atoms with Crippen molar-refractivity contribution in [2.24, 2.45) is 16.8 Å². The van der Waals surface area contributed by atoms with Crippen LogP contribution < -0.4 is 5.32 Å². The molecule has 0 radical (unpaired) electrons. The Morgan fingerprint density at radius 3 is 2.43 bits per heavy atom. The minimum absolute atomic E-state index is 0.0700. The summed E-state index contributed by atoms with van der Waals surface area (Å²) in [7, 11) is 1.87. The number of hydrogen-bond acceptors (Lipinski definition) is 3. The van der Waals surface area contributed by atoms with Crippen molar-refractivity contribution in [3.63, 3.8) is 0 Å². The van der Waals surface area contributed by atoms with Crippen molar-refractivity contribution in [3.8, 4) is 0 Å². The third-order valence-corrected chi connectivity index (χ3v) is 4.28. The van der Waals surface area contributed by atoms with Crippen LogP contribution in [0, 0.1) is 11.8 Å². The fourth-order valence-corrected chi connectivity index (χ4v) is 3.35. The lowest BCUT2D eigenvalue weighted by Crippen LogP contribution is -2.48. The molecule has 23 heavy (non-hydrogen) atoms. The number of esters is 1. The highest BCUT2D eigenvalue weighted by Gasteiger charge is 2.23. The molecule has 5 nitrogen and oxygen atoms in total. The van der Waals surface area contributed by atoms with Gasteiger partial charge < -0.3 is 15.0 Å². The van der Waals surface area contributed by atoms with Crippen molar-refractivity contribution in [1.29, 1.82) is 0 Å². The SMILES string of the molecule is CCOC(=O)CCCCCCNC(=NC)N1CC(C)CC(C)C1. The van der Waals surface area contributed by atoms with Gasteiger partial charge in [0.1, 0.15) is 0 Å². The standard InChI is InChI=1S/C18H35N3O2/c1-5-23-17(22)10-8-6-7-9-11-20-18(19-4)21-13-15(2)12-16(3)14-21/h15-16H,5-14H2,1-4H3,(H,19,20). The molecule has 1 aliphatic heterocycles. The Bertz CT molecular complexity index is 361. The topological polar surface area (TPSA) is 53.9 Å². The molecule has 5 heteroatoms. The second-order valence-electron chi connectivity index (χ2n) is 6.79. The van der Waals surface area contributed by atoms with Gasteiger partial charge >= 0.3 is 5.97 Å². The lowest BCUT2D eigenvalue weighted by molar-refractivity contribution is -0.143. The Kier molecular flexibility index (Phi) is 9.72. The van der Waals surface area contributed by atoms with Gasteiger partial charge in [-0.25, -0.2) is 0 Å². The van der Waals surface area contributed by atoms with E-state index in [1.807, 2.05) is 14.0 Å². The number of ether oxygens (including phenoxy) is 1. The lowest BCUT2D eigenvalue weighted by atomic mass is 9.92. The molecule has 0 aliphatic carbocycles. The van der Waals surface area contributed by atoms with Crippen LogP contribution in [0.5, 0.6) is 0 Å². The molecule has 1 saturated heterocycles. The molecule has 1 aliphatic rings. The van der Waals surface area contributed by atoms with Crippen molar-refractivity contribution in [2.75, 3.05) is 33.3 Å². The van der Waals surface area contributed by atoms with Gasteiger partial charge in [0.05, 0.1) is 6.61 Å². The smallest absolute Gasteiger partial charge is 0.305 e. The van der Waals surface area contributed by atoms with Gasteiger partial charge in [-0.05, 0) is 38.0 Å². The summed E-state index contributed by atoms with van der Waals surface area (Å²) in [6.45, 7) is 10.1. The summed E-state index contributed by atoms with van der Waals surface area (Å²) < 4.78 is 4.93. The first-order chi connectivity index (χ1) is 11.1. The largest absolute Gasteiger partial charge is 0.466 e. The van der Waals surface area contributed by atoms with Crippen LogP contribution in [0.1, 0.15) is 59.3 Å². The first kappa shape index (κ1) is 19.8. The predicted octanol–water partition coefficient (Wildman–Crippen LogP) is 3.05. The van der Waals surface area contributed by atoms with Gasteiger partial charge in [-0.15, -0.1) is 0 Å². The van der Waals surface area contributed by atoms with Crippen LogP contribution in [-0.2, 0) is 9.53 Å². The zero-order valence-corrected chi connectivity index (χ0v) is 15.4. The molecule has 0 aromatic carbocycles. The second-order valence-corrected chi connectivity index (χ2v) is 6.79. The normalized spacial score (nSPS) is 22.1. The Balaban J connectivity index is 2.12. The summed E-state index contributed by atoms with van der Waals surface area (Å²) in [5.41, 5.74) is 0. The number of carbonyl (C=O) groups is 1.